The molecule has 390 valence electrons. The van der Waals surface area contributed by atoms with Gasteiger partial charge in [0.2, 0.25) is 0 Å². The first-order chi connectivity index (χ1) is 39.1. The molecule has 0 saturated heterocycles. The summed E-state index contributed by atoms with van der Waals surface area (Å²) in [6, 6.07) is 76.5. The molecular formula is C76H64N2O2. The van der Waals surface area contributed by atoms with Gasteiger partial charge in [0.05, 0.1) is 22.7 Å². The predicted molar refractivity (Wildman–Crippen MR) is 341 cm³/mol. The number of furan rings is 2. The quantitative estimate of drug-likeness (QED) is 0.114. The number of benzene rings is 12. The highest BCUT2D eigenvalue weighted by molar-refractivity contribution is 6.30. The van der Waals surface area contributed by atoms with E-state index in [0.29, 0.717) is 0 Å². The van der Waals surface area contributed by atoms with Crippen molar-refractivity contribution in [3.8, 4) is 22.3 Å². The smallest absolute Gasteiger partial charge is 0.159 e. The van der Waals surface area contributed by atoms with E-state index in [1.807, 2.05) is 0 Å². The van der Waals surface area contributed by atoms with E-state index >= 15 is 0 Å². The molecule has 0 aliphatic rings. The minimum Gasteiger partial charge on any atom is -0.453 e. The van der Waals surface area contributed by atoms with Gasteiger partial charge >= 0.3 is 0 Å². The molecule has 0 fully saturated rings. The summed E-state index contributed by atoms with van der Waals surface area (Å²) in [6.45, 7) is 18.2. The van der Waals surface area contributed by atoms with Crippen molar-refractivity contribution >= 4 is 110 Å². The zero-order chi connectivity index (χ0) is 54.5. The monoisotopic (exact) mass is 1040 g/mol. The summed E-state index contributed by atoms with van der Waals surface area (Å²) in [5.41, 5.74) is 22.2. The Morgan fingerprint density at radius 1 is 0.325 bits per heavy atom. The largest absolute Gasteiger partial charge is 0.453 e. The van der Waals surface area contributed by atoms with E-state index in [4.69, 9.17) is 8.83 Å². The van der Waals surface area contributed by atoms with E-state index < -0.39 is 0 Å². The summed E-state index contributed by atoms with van der Waals surface area (Å²) in [4.78, 5) is 4.96. The first-order valence-electron chi connectivity index (χ1n) is 28.7. The zero-order valence-electron chi connectivity index (χ0n) is 46.9. The normalized spacial score (nSPS) is 12.1. The highest BCUT2D eigenvalue weighted by Gasteiger charge is 2.29. The maximum Gasteiger partial charge on any atom is 0.159 e. The van der Waals surface area contributed by atoms with Gasteiger partial charge in [-0.05, 0) is 153 Å². The average molecular weight is 1040 g/mol. The van der Waals surface area contributed by atoms with E-state index in [1.165, 1.54) is 76.8 Å². The fraction of sp³-hybridized carbons (Fsp3) is 0.158. The van der Waals surface area contributed by atoms with E-state index in [-0.39, 0.29) is 11.8 Å². The second kappa shape index (κ2) is 19.4. The Hall–Kier alpha value is -9.12. The second-order valence-electron chi connectivity index (χ2n) is 22.6. The number of aryl methyl sites for hydroxylation is 4. The lowest BCUT2D eigenvalue weighted by Gasteiger charge is -2.31. The molecule has 0 N–H and O–H groups in total. The molecule has 0 bridgehead atoms. The number of nitrogens with zero attached hydrogens (tertiary/aromatic N) is 2. The highest BCUT2D eigenvalue weighted by atomic mass is 16.3. The predicted octanol–water partition coefficient (Wildman–Crippen LogP) is 22.6. The molecule has 4 heteroatoms. The van der Waals surface area contributed by atoms with Crippen LogP contribution < -0.4 is 9.80 Å². The van der Waals surface area contributed by atoms with Gasteiger partial charge in [0.15, 0.2) is 11.2 Å². The van der Waals surface area contributed by atoms with Gasteiger partial charge in [-0.1, -0.05) is 199 Å². The van der Waals surface area contributed by atoms with Crippen LogP contribution in [0.4, 0.5) is 34.1 Å². The maximum atomic E-state index is 7.34. The summed E-state index contributed by atoms with van der Waals surface area (Å²) in [7, 11) is 0. The summed E-state index contributed by atoms with van der Waals surface area (Å²) in [5, 5.41) is 11.9. The number of fused-ring (bicyclic) bond motifs is 6. The highest BCUT2D eigenvalue weighted by Crippen LogP contribution is 2.54. The first-order valence-corrected chi connectivity index (χ1v) is 28.7. The molecule has 0 saturated carbocycles. The van der Waals surface area contributed by atoms with Crippen LogP contribution in [0.1, 0.15) is 86.8 Å². The third-order valence-corrected chi connectivity index (χ3v) is 17.0. The van der Waals surface area contributed by atoms with Crippen LogP contribution in [0.15, 0.2) is 215 Å². The van der Waals surface area contributed by atoms with Gasteiger partial charge in [-0.15, -0.1) is 0 Å². The van der Waals surface area contributed by atoms with E-state index in [0.717, 1.165) is 102 Å². The van der Waals surface area contributed by atoms with Gasteiger partial charge < -0.3 is 18.6 Å². The molecular weight excluding hydrogens is 973 g/mol. The zero-order valence-corrected chi connectivity index (χ0v) is 46.9. The van der Waals surface area contributed by atoms with Crippen LogP contribution in [0.25, 0.3) is 98.4 Å². The number of para-hydroxylation sites is 4. The molecule has 0 atom stereocenters. The SMILES string of the molecule is CCc1ccccc1-c1cccc2c1oc1c(N(c3cccc(C)c3)c3cc(C(C)C)c4ccc5c(N(c6cccc(C)c6)c6cccc7c6oc6c(-c8ccccc8CC)cccc67)cc(C(C)C)c6ccc3c4c65)cccc12. The lowest BCUT2D eigenvalue weighted by atomic mass is 9.84. The Morgan fingerprint density at radius 2 is 0.688 bits per heavy atom. The lowest BCUT2D eigenvalue weighted by molar-refractivity contribution is 0.669. The molecule has 0 aliphatic carbocycles. The fourth-order valence-corrected chi connectivity index (χ4v) is 13.3. The minimum absolute atomic E-state index is 0.216. The van der Waals surface area contributed by atoms with Crippen LogP contribution in [0.2, 0.25) is 0 Å². The van der Waals surface area contributed by atoms with Gasteiger partial charge in [0.25, 0.3) is 0 Å². The van der Waals surface area contributed by atoms with E-state index in [1.54, 1.807) is 0 Å². The Balaban J connectivity index is 1.06. The Bertz CT molecular complexity index is 4440. The molecule has 2 aromatic heterocycles. The van der Waals surface area contributed by atoms with Crippen molar-refractivity contribution in [1.29, 1.82) is 0 Å². The molecule has 0 unspecified atom stereocenters. The fourth-order valence-electron chi connectivity index (χ4n) is 13.3. The number of anilines is 6. The molecule has 0 amide bonds. The van der Waals surface area contributed by atoms with Crippen LogP contribution in [-0.2, 0) is 12.8 Å². The standard InChI is InChI=1S/C76H64N2O2/c1-9-49-23-11-13-27-53(49)57-29-17-31-59-61-33-19-35-67(75(61)79-73(57)59)77(51-25-15-21-47(7)41-51)69-43-65(45(3)4)55-38-40-64-70(44-66(46(5)6)56-37-39-63(69)71(55)72(56)64)78(52-26-16-22-48(8)42-52)68-36-20-34-62-60-32-18-30-58(74(60)80-76(62)68)54-28-14-12-24-50(54)10-2/h11-46H,9-10H2,1-8H3. The molecule has 80 heavy (non-hydrogen) atoms. The van der Waals surface area contributed by atoms with Gasteiger partial charge in [-0.2, -0.15) is 0 Å². The Kier molecular flexibility index (Phi) is 11.9. The van der Waals surface area contributed by atoms with Crippen LogP contribution in [0, 0.1) is 13.8 Å². The van der Waals surface area contributed by atoms with Gasteiger partial charge in [0.1, 0.15) is 11.2 Å². The third kappa shape index (κ3) is 7.71. The maximum absolute atomic E-state index is 7.34. The van der Waals surface area contributed by atoms with Crippen LogP contribution in [-0.4, -0.2) is 0 Å². The molecule has 4 nitrogen and oxygen atoms in total. The number of rotatable bonds is 12. The molecule has 0 spiro atoms. The van der Waals surface area contributed by atoms with Crippen molar-refractivity contribution in [1.82, 2.24) is 0 Å². The Morgan fingerprint density at radius 3 is 1.09 bits per heavy atom. The first kappa shape index (κ1) is 49.2. The van der Waals surface area contributed by atoms with Crippen LogP contribution in [0.3, 0.4) is 0 Å². The van der Waals surface area contributed by atoms with Crippen molar-refractivity contribution < 1.29 is 8.83 Å². The van der Waals surface area contributed by atoms with E-state index in [9.17, 15) is 0 Å². The van der Waals surface area contributed by atoms with E-state index in [2.05, 4.69) is 271 Å². The van der Waals surface area contributed by atoms with Gasteiger partial charge in [-0.3, -0.25) is 0 Å². The second-order valence-corrected chi connectivity index (χ2v) is 22.6. The molecule has 14 aromatic rings. The Labute approximate surface area is 468 Å². The van der Waals surface area contributed by atoms with Gasteiger partial charge in [-0.25, -0.2) is 0 Å². The molecule has 0 radical (unpaired) electrons. The topological polar surface area (TPSA) is 32.8 Å². The number of hydrogen-bond acceptors (Lipinski definition) is 4. The summed E-state index contributed by atoms with van der Waals surface area (Å²) in [6.07, 6.45) is 1.87. The lowest BCUT2D eigenvalue weighted by Crippen LogP contribution is -2.13. The molecule has 2 heterocycles. The van der Waals surface area contributed by atoms with Crippen LogP contribution >= 0.6 is 0 Å². The number of hydrogen-bond donors (Lipinski definition) is 0. The minimum atomic E-state index is 0.216. The summed E-state index contributed by atoms with van der Waals surface area (Å²) in [5.74, 6) is 0.433. The third-order valence-electron chi connectivity index (χ3n) is 17.0. The van der Waals surface area contributed by atoms with Crippen molar-refractivity contribution in [2.75, 3.05) is 9.80 Å². The summed E-state index contributed by atoms with van der Waals surface area (Å²) < 4.78 is 14.7. The summed E-state index contributed by atoms with van der Waals surface area (Å²) >= 11 is 0. The van der Waals surface area contributed by atoms with Crippen LogP contribution in [0.5, 0.6) is 0 Å². The van der Waals surface area contributed by atoms with Gasteiger partial charge in [0, 0.05) is 54.8 Å². The van der Waals surface area contributed by atoms with Crippen molar-refractivity contribution in [3.05, 3.63) is 240 Å². The molecule has 0 aliphatic heterocycles. The average Bonchev–Trinajstić information content (AvgIpc) is 3.01. The molecule has 12 aromatic carbocycles. The molecule has 14 rings (SSSR count). The van der Waals surface area contributed by atoms with Crippen molar-refractivity contribution in [2.24, 2.45) is 0 Å². The van der Waals surface area contributed by atoms with Crippen molar-refractivity contribution in [2.45, 2.75) is 80.1 Å². The van der Waals surface area contributed by atoms with Crippen molar-refractivity contribution in [3.63, 3.8) is 0 Å².